The predicted octanol–water partition coefficient (Wildman–Crippen LogP) is 3.76. The highest BCUT2D eigenvalue weighted by molar-refractivity contribution is 5.99. The molecule has 2 aromatic carbocycles. The molecule has 1 aliphatic rings. The van der Waals surface area contributed by atoms with Gasteiger partial charge < -0.3 is 39.6 Å². The predicted molar refractivity (Wildman–Crippen MR) is 160 cm³/mol. The molecule has 224 valence electrons. The van der Waals surface area contributed by atoms with Crippen LogP contribution in [0.25, 0.3) is 11.1 Å². The van der Waals surface area contributed by atoms with Gasteiger partial charge in [0.2, 0.25) is 11.8 Å². The first-order valence-corrected chi connectivity index (χ1v) is 14.0. The molecule has 0 aliphatic carbocycles. The maximum absolute atomic E-state index is 11.6. The number of hydrogen-bond acceptors (Lipinski definition) is 9. The van der Waals surface area contributed by atoms with E-state index in [1.807, 2.05) is 36.5 Å². The van der Waals surface area contributed by atoms with E-state index in [0.29, 0.717) is 72.4 Å². The van der Waals surface area contributed by atoms with Crippen molar-refractivity contribution < 1.29 is 33.3 Å². The Balaban J connectivity index is 0.924. The molecule has 0 spiro atoms. The van der Waals surface area contributed by atoms with E-state index in [0.717, 1.165) is 39.6 Å². The number of fused-ring (bicyclic) bond motifs is 1. The number of nitrogens with zero attached hydrogens (tertiary/aromatic N) is 1. The zero-order valence-corrected chi connectivity index (χ0v) is 23.9. The first-order chi connectivity index (χ1) is 20.6. The van der Waals surface area contributed by atoms with Crippen molar-refractivity contribution in [3.8, 4) is 16.9 Å². The van der Waals surface area contributed by atoms with E-state index in [2.05, 4.69) is 20.9 Å². The first kappa shape index (κ1) is 30.9. The fraction of sp³-hybridized carbons (Fsp3) is 0.387. The summed E-state index contributed by atoms with van der Waals surface area (Å²) in [5.74, 6) is 1.42. The van der Waals surface area contributed by atoms with Crippen LogP contribution in [0, 0.1) is 0 Å². The number of benzene rings is 2. The second-order valence-corrected chi connectivity index (χ2v) is 9.46. The lowest BCUT2D eigenvalue weighted by Crippen LogP contribution is -2.15. The highest BCUT2D eigenvalue weighted by Gasteiger charge is 2.17. The van der Waals surface area contributed by atoms with E-state index < -0.39 is 0 Å². The number of aromatic nitrogens is 1. The van der Waals surface area contributed by atoms with Gasteiger partial charge in [-0.15, -0.1) is 0 Å². The van der Waals surface area contributed by atoms with E-state index >= 15 is 0 Å². The molecule has 0 bridgehead atoms. The lowest BCUT2D eigenvalue weighted by atomic mass is 10.0. The number of hydrogen-bond donors (Lipinski definition) is 3. The topological polar surface area (TPSA) is 129 Å². The van der Waals surface area contributed by atoms with Crippen LogP contribution < -0.4 is 20.7 Å². The molecule has 2 heterocycles. The minimum atomic E-state index is -0.108. The molecule has 0 fully saturated rings. The van der Waals surface area contributed by atoms with Gasteiger partial charge in [-0.3, -0.25) is 9.59 Å². The SMILES string of the molecule is CC(=O)Nc1ccc(OCCOCCOCCOCCOCCNc2ccc(-c3ccc4c(c3)CC(=O)N4)cn2)cc1. The zero-order valence-electron chi connectivity index (χ0n) is 23.9. The van der Waals surface area contributed by atoms with Crippen LogP contribution in [0.15, 0.2) is 60.8 Å². The number of nitrogens with one attached hydrogen (secondary N) is 3. The van der Waals surface area contributed by atoms with Crippen LogP contribution in [-0.4, -0.2) is 82.8 Å². The molecule has 1 aromatic heterocycles. The number of carbonyl (C=O) groups is 2. The lowest BCUT2D eigenvalue weighted by molar-refractivity contribution is -0.115. The maximum atomic E-state index is 11.6. The molecule has 0 radical (unpaired) electrons. The van der Waals surface area contributed by atoms with E-state index in [1.165, 1.54) is 6.92 Å². The molecule has 4 rings (SSSR count). The standard InChI is InChI=1S/C31H38N4O7/c1-23(36)34-27-4-6-28(7-5-27)42-19-18-41-17-16-40-15-14-39-13-12-38-11-10-32-30-9-3-25(22-33-30)24-2-8-29-26(20-24)21-31(37)35-29/h2-9,20,22H,10-19,21H2,1H3,(H,32,33)(H,34,36)(H,35,37). The third-order valence-electron chi connectivity index (χ3n) is 6.17. The van der Waals surface area contributed by atoms with Crippen LogP contribution in [0.1, 0.15) is 12.5 Å². The lowest BCUT2D eigenvalue weighted by Gasteiger charge is -2.09. The van der Waals surface area contributed by atoms with Gasteiger partial charge in [0.05, 0.1) is 59.3 Å². The number of ether oxygens (including phenoxy) is 5. The fourth-order valence-corrected chi connectivity index (χ4v) is 4.15. The summed E-state index contributed by atoms with van der Waals surface area (Å²) in [6, 6.07) is 17.1. The maximum Gasteiger partial charge on any atom is 0.228 e. The van der Waals surface area contributed by atoms with Crippen LogP contribution in [-0.2, 0) is 35.0 Å². The zero-order chi connectivity index (χ0) is 29.4. The van der Waals surface area contributed by atoms with Gasteiger partial charge in [0.1, 0.15) is 18.2 Å². The Morgan fingerprint density at radius 2 is 1.45 bits per heavy atom. The largest absolute Gasteiger partial charge is 0.491 e. The van der Waals surface area contributed by atoms with Crippen molar-refractivity contribution in [1.29, 1.82) is 0 Å². The van der Waals surface area contributed by atoms with E-state index in [9.17, 15) is 9.59 Å². The van der Waals surface area contributed by atoms with Crippen molar-refractivity contribution in [3.05, 3.63) is 66.4 Å². The Morgan fingerprint density at radius 3 is 2.10 bits per heavy atom. The van der Waals surface area contributed by atoms with Gasteiger partial charge >= 0.3 is 0 Å². The van der Waals surface area contributed by atoms with Gasteiger partial charge in [-0.2, -0.15) is 0 Å². The Morgan fingerprint density at radius 1 is 0.810 bits per heavy atom. The van der Waals surface area contributed by atoms with Crippen LogP contribution in [0.5, 0.6) is 5.75 Å². The van der Waals surface area contributed by atoms with Gasteiger partial charge in [-0.1, -0.05) is 6.07 Å². The fourth-order valence-electron chi connectivity index (χ4n) is 4.15. The summed E-state index contributed by atoms with van der Waals surface area (Å²) in [5, 5.41) is 8.81. The summed E-state index contributed by atoms with van der Waals surface area (Å²) in [7, 11) is 0. The molecular weight excluding hydrogens is 540 g/mol. The smallest absolute Gasteiger partial charge is 0.228 e. The molecule has 0 saturated carbocycles. The Hall–Kier alpha value is -4.03. The molecule has 0 saturated heterocycles. The Kier molecular flexibility index (Phi) is 12.5. The first-order valence-electron chi connectivity index (χ1n) is 14.0. The highest BCUT2D eigenvalue weighted by Crippen LogP contribution is 2.29. The van der Waals surface area contributed by atoms with Crippen molar-refractivity contribution in [2.24, 2.45) is 0 Å². The monoisotopic (exact) mass is 578 g/mol. The number of amides is 2. The van der Waals surface area contributed by atoms with Crippen molar-refractivity contribution in [2.45, 2.75) is 13.3 Å². The second-order valence-electron chi connectivity index (χ2n) is 9.46. The number of anilines is 3. The summed E-state index contributed by atoms with van der Waals surface area (Å²) in [6.45, 7) is 6.48. The van der Waals surface area contributed by atoms with Crippen LogP contribution in [0.3, 0.4) is 0 Å². The van der Waals surface area contributed by atoms with Gasteiger partial charge in [-0.25, -0.2) is 4.98 Å². The molecule has 1 aliphatic heterocycles. The van der Waals surface area contributed by atoms with E-state index in [1.54, 1.807) is 24.3 Å². The molecule has 0 atom stereocenters. The molecule has 0 unspecified atom stereocenters. The summed E-state index contributed by atoms with van der Waals surface area (Å²) < 4.78 is 27.7. The molecule has 11 nitrogen and oxygen atoms in total. The minimum absolute atomic E-state index is 0.0323. The Labute approximate surface area is 245 Å². The number of pyridine rings is 1. The second kappa shape index (κ2) is 17.0. The van der Waals surface area contributed by atoms with Gasteiger partial charge in [0, 0.05) is 36.6 Å². The third kappa shape index (κ3) is 10.7. The molecular formula is C31H38N4O7. The third-order valence-corrected chi connectivity index (χ3v) is 6.17. The van der Waals surface area contributed by atoms with Crippen molar-refractivity contribution in [3.63, 3.8) is 0 Å². The minimum Gasteiger partial charge on any atom is -0.491 e. The normalized spacial score (nSPS) is 12.1. The summed E-state index contributed by atoms with van der Waals surface area (Å²) in [5.41, 5.74) is 4.68. The molecule has 3 N–H and O–H groups in total. The van der Waals surface area contributed by atoms with Gasteiger partial charge in [-0.05, 0) is 59.7 Å². The average Bonchev–Trinajstić information content (AvgIpc) is 3.37. The number of rotatable bonds is 19. The van der Waals surface area contributed by atoms with E-state index in [-0.39, 0.29) is 11.8 Å². The van der Waals surface area contributed by atoms with Crippen molar-refractivity contribution in [2.75, 3.05) is 82.0 Å². The molecule has 42 heavy (non-hydrogen) atoms. The molecule has 3 aromatic rings. The average molecular weight is 579 g/mol. The molecule has 11 heteroatoms. The Bertz CT molecular complexity index is 1270. The van der Waals surface area contributed by atoms with Gasteiger partial charge in [0.25, 0.3) is 0 Å². The quantitative estimate of drug-likeness (QED) is 0.182. The number of carbonyl (C=O) groups excluding carboxylic acids is 2. The van der Waals surface area contributed by atoms with Gasteiger partial charge in [0.15, 0.2) is 0 Å². The van der Waals surface area contributed by atoms with E-state index in [4.69, 9.17) is 23.7 Å². The van der Waals surface area contributed by atoms with Crippen molar-refractivity contribution in [1.82, 2.24) is 4.98 Å². The van der Waals surface area contributed by atoms with Crippen LogP contribution in [0.4, 0.5) is 17.2 Å². The van der Waals surface area contributed by atoms with Crippen LogP contribution in [0.2, 0.25) is 0 Å². The van der Waals surface area contributed by atoms with Crippen LogP contribution >= 0.6 is 0 Å². The summed E-state index contributed by atoms with van der Waals surface area (Å²) >= 11 is 0. The summed E-state index contributed by atoms with van der Waals surface area (Å²) in [4.78, 5) is 27.1. The van der Waals surface area contributed by atoms with Crippen molar-refractivity contribution >= 4 is 29.0 Å². The highest BCUT2D eigenvalue weighted by atomic mass is 16.6. The summed E-state index contributed by atoms with van der Waals surface area (Å²) in [6.07, 6.45) is 2.24. The molecule has 2 amide bonds.